The monoisotopic (exact) mass is 314 g/mol. The molecule has 0 aliphatic rings. The third-order valence-corrected chi connectivity index (χ3v) is 2.44. The minimum absolute atomic E-state index is 0.193. The molecule has 1 aromatic rings. The first-order valence-electron chi connectivity index (χ1n) is 4.92. The molecule has 0 bridgehead atoms. The van der Waals surface area contributed by atoms with Crippen LogP contribution in [-0.2, 0) is 4.79 Å². The second-order valence-electron chi connectivity index (χ2n) is 3.40. The van der Waals surface area contributed by atoms with E-state index in [0.29, 0.717) is 5.56 Å². The van der Waals surface area contributed by atoms with Gasteiger partial charge in [0, 0.05) is 4.47 Å². The van der Waals surface area contributed by atoms with Crippen molar-refractivity contribution in [3.63, 3.8) is 0 Å². The highest BCUT2D eigenvalue weighted by Gasteiger charge is 2.11. The van der Waals surface area contributed by atoms with E-state index in [9.17, 15) is 14.4 Å². The van der Waals surface area contributed by atoms with E-state index < -0.39 is 18.5 Å². The number of halogens is 1. The van der Waals surface area contributed by atoms with Gasteiger partial charge >= 0.3 is 6.03 Å². The number of benzene rings is 1. The van der Waals surface area contributed by atoms with Gasteiger partial charge in [-0.1, -0.05) is 15.9 Å². The SMILES string of the molecule is CC(=O)c1cc(Br)ccc1OCC(=O)NC(N)=O. The first kappa shape index (κ1) is 14.2. The summed E-state index contributed by atoms with van der Waals surface area (Å²) in [5, 5.41) is 1.85. The molecular formula is C11H11BrN2O4. The number of carbonyl (C=O) groups excluding carboxylic acids is 3. The fourth-order valence-electron chi connectivity index (χ4n) is 1.22. The second kappa shape index (κ2) is 6.15. The van der Waals surface area contributed by atoms with Crippen molar-refractivity contribution in [2.75, 3.05) is 6.61 Å². The molecule has 0 saturated heterocycles. The molecule has 3 N–H and O–H groups in total. The van der Waals surface area contributed by atoms with Gasteiger partial charge in [-0.25, -0.2) is 4.79 Å². The molecule has 1 rings (SSSR count). The molecule has 0 unspecified atom stereocenters. The van der Waals surface area contributed by atoms with Crippen molar-refractivity contribution in [2.24, 2.45) is 5.73 Å². The molecule has 0 atom stereocenters. The normalized spacial score (nSPS) is 9.67. The summed E-state index contributed by atoms with van der Waals surface area (Å²) >= 11 is 3.23. The summed E-state index contributed by atoms with van der Waals surface area (Å²) in [6.07, 6.45) is 0. The maximum atomic E-state index is 11.4. The van der Waals surface area contributed by atoms with Crippen LogP contribution in [0.2, 0.25) is 0 Å². The molecule has 0 spiro atoms. The Balaban J connectivity index is 2.76. The van der Waals surface area contributed by atoms with Crippen LogP contribution < -0.4 is 15.8 Å². The Morgan fingerprint density at radius 3 is 2.61 bits per heavy atom. The number of urea groups is 1. The van der Waals surface area contributed by atoms with E-state index >= 15 is 0 Å². The number of imide groups is 1. The molecule has 96 valence electrons. The Labute approximate surface area is 112 Å². The highest BCUT2D eigenvalue weighted by molar-refractivity contribution is 9.10. The average Bonchev–Trinajstić information content (AvgIpc) is 2.26. The number of nitrogens with one attached hydrogen (secondary N) is 1. The molecule has 1 aromatic carbocycles. The van der Waals surface area contributed by atoms with Crippen LogP contribution in [0.4, 0.5) is 4.79 Å². The number of rotatable bonds is 4. The predicted molar refractivity (Wildman–Crippen MR) is 67.4 cm³/mol. The number of primary amides is 1. The van der Waals surface area contributed by atoms with Crippen LogP contribution in [-0.4, -0.2) is 24.3 Å². The summed E-state index contributed by atoms with van der Waals surface area (Å²) < 4.78 is 5.88. The van der Waals surface area contributed by atoms with Crippen LogP contribution in [0, 0.1) is 0 Å². The topological polar surface area (TPSA) is 98.5 Å². The number of hydrogen-bond acceptors (Lipinski definition) is 4. The number of carbonyl (C=O) groups is 3. The zero-order valence-electron chi connectivity index (χ0n) is 9.53. The van der Waals surface area contributed by atoms with Crippen LogP contribution in [0.15, 0.2) is 22.7 Å². The first-order valence-corrected chi connectivity index (χ1v) is 5.72. The van der Waals surface area contributed by atoms with E-state index in [0.717, 1.165) is 4.47 Å². The first-order chi connectivity index (χ1) is 8.40. The molecule has 3 amide bonds. The Bertz CT molecular complexity index is 502. The number of ketones is 1. The van der Waals surface area contributed by atoms with Crippen LogP contribution in [0.3, 0.4) is 0 Å². The second-order valence-corrected chi connectivity index (χ2v) is 4.31. The molecule has 0 aliphatic heterocycles. The van der Waals surface area contributed by atoms with E-state index in [1.165, 1.54) is 6.92 Å². The van der Waals surface area contributed by atoms with Gasteiger partial charge in [-0.15, -0.1) is 0 Å². The summed E-state index contributed by atoms with van der Waals surface area (Å²) in [5.41, 5.74) is 5.12. The largest absolute Gasteiger partial charge is 0.483 e. The standard InChI is InChI=1S/C11H11BrN2O4/c1-6(15)8-4-7(12)2-3-9(8)18-5-10(16)14-11(13)17/h2-4H,5H2,1H3,(H3,13,14,16,17). The lowest BCUT2D eigenvalue weighted by atomic mass is 10.1. The van der Waals surface area contributed by atoms with Gasteiger partial charge in [0.05, 0.1) is 5.56 Å². The van der Waals surface area contributed by atoms with E-state index in [1.807, 2.05) is 5.32 Å². The van der Waals surface area contributed by atoms with Gasteiger partial charge < -0.3 is 10.5 Å². The van der Waals surface area contributed by atoms with Gasteiger partial charge in [0.1, 0.15) is 5.75 Å². The maximum absolute atomic E-state index is 11.4. The van der Waals surface area contributed by atoms with Gasteiger partial charge in [-0.3, -0.25) is 14.9 Å². The third kappa shape index (κ3) is 4.17. The van der Waals surface area contributed by atoms with Crippen molar-refractivity contribution in [3.8, 4) is 5.75 Å². The predicted octanol–water partition coefficient (Wildman–Crippen LogP) is 1.23. The molecule has 7 heteroatoms. The van der Waals surface area contributed by atoms with Crippen molar-refractivity contribution < 1.29 is 19.1 Å². The van der Waals surface area contributed by atoms with Gasteiger partial charge in [0.25, 0.3) is 5.91 Å². The minimum Gasteiger partial charge on any atom is -0.483 e. The fraction of sp³-hybridized carbons (Fsp3) is 0.182. The Morgan fingerprint density at radius 1 is 1.39 bits per heavy atom. The number of ether oxygens (including phenoxy) is 1. The van der Waals surface area contributed by atoms with Crippen LogP contribution >= 0.6 is 15.9 Å². The molecular weight excluding hydrogens is 304 g/mol. The zero-order valence-corrected chi connectivity index (χ0v) is 11.1. The lowest BCUT2D eigenvalue weighted by molar-refractivity contribution is -0.121. The molecule has 0 aromatic heterocycles. The van der Waals surface area contributed by atoms with Crippen molar-refractivity contribution in [3.05, 3.63) is 28.2 Å². The highest BCUT2D eigenvalue weighted by atomic mass is 79.9. The average molecular weight is 315 g/mol. The van der Waals surface area contributed by atoms with Crippen molar-refractivity contribution in [2.45, 2.75) is 6.92 Å². The summed E-state index contributed by atoms with van der Waals surface area (Å²) in [7, 11) is 0. The Kier molecular flexibility index (Phi) is 4.85. The van der Waals surface area contributed by atoms with E-state index in [2.05, 4.69) is 15.9 Å². The summed E-state index contributed by atoms with van der Waals surface area (Å²) in [6.45, 7) is 0.989. The number of hydrogen-bond donors (Lipinski definition) is 2. The van der Waals surface area contributed by atoms with Crippen LogP contribution in [0.1, 0.15) is 17.3 Å². The Hall–Kier alpha value is -1.89. The minimum atomic E-state index is -0.953. The highest BCUT2D eigenvalue weighted by Crippen LogP contribution is 2.23. The maximum Gasteiger partial charge on any atom is 0.318 e. The fourth-order valence-corrected chi connectivity index (χ4v) is 1.58. The summed E-state index contributed by atoms with van der Waals surface area (Å²) in [6, 6.07) is 3.86. The lowest BCUT2D eigenvalue weighted by Gasteiger charge is -2.09. The Morgan fingerprint density at radius 2 is 2.06 bits per heavy atom. The van der Waals surface area contributed by atoms with Crippen molar-refractivity contribution in [1.29, 1.82) is 0 Å². The van der Waals surface area contributed by atoms with Crippen molar-refractivity contribution in [1.82, 2.24) is 5.32 Å². The molecule has 0 fully saturated rings. The quantitative estimate of drug-likeness (QED) is 0.816. The van der Waals surface area contributed by atoms with E-state index in [4.69, 9.17) is 10.5 Å². The van der Waals surface area contributed by atoms with E-state index in [-0.39, 0.29) is 11.5 Å². The molecule has 0 heterocycles. The van der Waals surface area contributed by atoms with Crippen LogP contribution in [0.25, 0.3) is 0 Å². The zero-order chi connectivity index (χ0) is 13.7. The third-order valence-electron chi connectivity index (χ3n) is 1.94. The van der Waals surface area contributed by atoms with Crippen molar-refractivity contribution >= 4 is 33.7 Å². The van der Waals surface area contributed by atoms with Gasteiger partial charge in [-0.05, 0) is 25.1 Å². The number of nitrogens with two attached hydrogens (primary N) is 1. The molecule has 0 saturated carbocycles. The van der Waals surface area contributed by atoms with Crippen LogP contribution in [0.5, 0.6) is 5.75 Å². The van der Waals surface area contributed by atoms with Gasteiger partial charge in [-0.2, -0.15) is 0 Å². The summed E-state index contributed by atoms with van der Waals surface area (Å²) in [4.78, 5) is 32.9. The molecule has 0 aliphatic carbocycles. The molecule has 6 nitrogen and oxygen atoms in total. The molecule has 0 radical (unpaired) electrons. The smallest absolute Gasteiger partial charge is 0.318 e. The lowest BCUT2D eigenvalue weighted by Crippen LogP contribution is -2.38. The molecule has 18 heavy (non-hydrogen) atoms. The van der Waals surface area contributed by atoms with Gasteiger partial charge in [0.15, 0.2) is 12.4 Å². The van der Waals surface area contributed by atoms with Gasteiger partial charge in [0.2, 0.25) is 0 Å². The van der Waals surface area contributed by atoms with E-state index in [1.54, 1.807) is 18.2 Å². The number of amides is 3. The summed E-state index contributed by atoms with van der Waals surface area (Å²) in [5.74, 6) is -0.605. The number of Topliss-reactive ketones (excluding diaryl/α,β-unsaturated/α-hetero) is 1.